The third kappa shape index (κ3) is 4.58. The lowest BCUT2D eigenvalue weighted by Crippen LogP contribution is -2.33. The van der Waals surface area contributed by atoms with E-state index in [0.29, 0.717) is 17.5 Å². The van der Waals surface area contributed by atoms with Crippen LogP contribution in [0.25, 0.3) is 11.5 Å². The van der Waals surface area contributed by atoms with Gasteiger partial charge < -0.3 is 15.1 Å². The molecule has 0 fully saturated rings. The van der Waals surface area contributed by atoms with Gasteiger partial charge in [0.1, 0.15) is 6.04 Å². The highest BCUT2D eigenvalue weighted by Crippen LogP contribution is 2.25. The van der Waals surface area contributed by atoms with Crippen molar-refractivity contribution in [2.24, 2.45) is 0 Å². The minimum Gasteiger partial charge on any atom is -0.418 e. The molecule has 2 N–H and O–H groups in total. The maximum absolute atomic E-state index is 12.7. The molecule has 1 aromatic heterocycles. The number of aryl methyl sites for hydroxylation is 1. The summed E-state index contributed by atoms with van der Waals surface area (Å²) >= 11 is 3.46. The average molecular weight is 463 g/mol. The maximum Gasteiger partial charge on any atom is 0.320 e. The summed E-state index contributed by atoms with van der Waals surface area (Å²) in [4.78, 5) is 12.7. The number of urea groups is 1. The normalized spacial score (nSPS) is 11.7. The van der Waals surface area contributed by atoms with Crippen LogP contribution in [-0.4, -0.2) is 16.2 Å². The first kappa shape index (κ1) is 19.8. The van der Waals surface area contributed by atoms with Gasteiger partial charge in [0.25, 0.3) is 0 Å². The number of carbonyl (C=O) groups is 1. The fourth-order valence-electron chi connectivity index (χ4n) is 3.00. The van der Waals surface area contributed by atoms with Crippen molar-refractivity contribution in [3.8, 4) is 11.5 Å². The SMILES string of the molecule is Cc1cc(NC(=O)NC(c2ccccc2)c2nnc(-c3ccccc3)o2)ccc1Br. The molecule has 0 aliphatic rings. The summed E-state index contributed by atoms with van der Waals surface area (Å²) in [5.41, 5.74) is 3.37. The lowest BCUT2D eigenvalue weighted by atomic mass is 10.1. The van der Waals surface area contributed by atoms with E-state index in [1.54, 1.807) is 0 Å². The Balaban J connectivity index is 1.59. The second-order valence-electron chi connectivity index (χ2n) is 6.72. The molecule has 3 aromatic carbocycles. The van der Waals surface area contributed by atoms with Crippen LogP contribution >= 0.6 is 15.9 Å². The molecular formula is C23H19BrN4O2. The van der Waals surface area contributed by atoms with Crippen molar-refractivity contribution in [3.05, 3.63) is 100 Å². The number of hydrogen-bond donors (Lipinski definition) is 2. The van der Waals surface area contributed by atoms with E-state index in [-0.39, 0.29) is 6.03 Å². The van der Waals surface area contributed by atoms with Gasteiger partial charge in [-0.2, -0.15) is 0 Å². The van der Waals surface area contributed by atoms with Crippen molar-refractivity contribution < 1.29 is 9.21 Å². The number of nitrogens with zero attached hydrogens (tertiary/aromatic N) is 2. The Bertz CT molecular complexity index is 1150. The minimum atomic E-state index is -0.590. The monoisotopic (exact) mass is 462 g/mol. The predicted octanol–water partition coefficient (Wildman–Crippen LogP) is 5.72. The number of halogens is 1. The fraction of sp³-hybridized carbons (Fsp3) is 0.0870. The Kier molecular flexibility index (Phi) is 5.90. The van der Waals surface area contributed by atoms with E-state index in [2.05, 4.69) is 36.8 Å². The van der Waals surface area contributed by atoms with Gasteiger partial charge in [0.15, 0.2) is 0 Å². The van der Waals surface area contributed by atoms with Crippen molar-refractivity contribution >= 4 is 27.6 Å². The van der Waals surface area contributed by atoms with Crippen LogP contribution in [-0.2, 0) is 0 Å². The predicted molar refractivity (Wildman–Crippen MR) is 119 cm³/mol. The standard InChI is InChI=1S/C23H19BrN4O2/c1-15-14-18(12-13-19(15)24)25-23(29)26-20(16-8-4-2-5-9-16)22-28-27-21(30-22)17-10-6-3-7-11-17/h2-14,20H,1H3,(H2,25,26,29). The van der Waals surface area contributed by atoms with Gasteiger partial charge in [-0.3, -0.25) is 0 Å². The summed E-state index contributed by atoms with van der Waals surface area (Å²) in [5, 5.41) is 14.1. The van der Waals surface area contributed by atoms with Crippen LogP contribution in [0.2, 0.25) is 0 Å². The third-order valence-corrected chi connectivity index (χ3v) is 5.42. The minimum absolute atomic E-state index is 0.308. The topological polar surface area (TPSA) is 80.0 Å². The summed E-state index contributed by atoms with van der Waals surface area (Å²) < 4.78 is 6.88. The van der Waals surface area contributed by atoms with E-state index in [9.17, 15) is 4.79 Å². The van der Waals surface area contributed by atoms with Crippen molar-refractivity contribution in [1.82, 2.24) is 15.5 Å². The zero-order valence-electron chi connectivity index (χ0n) is 16.2. The van der Waals surface area contributed by atoms with Crippen LogP contribution in [0.5, 0.6) is 0 Å². The first-order valence-corrected chi connectivity index (χ1v) is 10.2. The van der Waals surface area contributed by atoms with Gasteiger partial charge in [0, 0.05) is 15.7 Å². The fourth-order valence-corrected chi connectivity index (χ4v) is 3.25. The third-order valence-electron chi connectivity index (χ3n) is 4.53. The Labute approximate surface area is 182 Å². The molecule has 0 saturated carbocycles. The van der Waals surface area contributed by atoms with Crippen LogP contribution in [0.1, 0.15) is 23.1 Å². The average Bonchev–Trinajstić information content (AvgIpc) is 3.26. The molecule has 4 aromatic rings. The first-order valence-electron chi connectivity index (χ1n) is 9.37. The molecule has 6 nitrogen and oxygen atoms in total. The number of benzene rings is 3. The molecule has 2 amide bonds. The summed E-state index contributed by atoms with van der Waals surface area (Å²) in [6.07, 6.45) is 0. The van der Waals surface area contributed by atoms with Crippen LogP contribution in [0.15, 0.2) is 87.8 Å². The van der Waals surface area contributed by atoms with Gasteiger partial charge in [-0.25, -0.2) is 4.79 Å². The van der Waals surface area contributed by atoms with Crippen molar-refractivity contribution in [1.29, 1.82) is 0 Å². The smallest absolute Gasteiger partial charge is 0.320 e. The van der Waals surface area contributed by atoms with Crippen molar-refractivity contribution in [3.63, 3.8) is 0 Å². The van der Waals surface area contributed by atoms with Gasteiger partial charge in [0.2, 0.25) is 11.8 Å². The Morgan fingerprint density at radius 3 is 2.37 bits per heavy atom. The summed E-state index contributed by atoms with van der Waals surface area (Å²) in [5.74, 6) is 0.708. The van der Waals surface area contributed by atoms with E-state index in [1.807, 2.05) is 85.8 Å². The zero-order chi connectivity index (χ0) is 20.9. The Morgan fingerprint density at radius 1 is 0.967 bits per heavy atom. The van der Waals surface area contributed by atoms with Crippen LogP contribution in [0.4, 0.5) is 10.5 Å². The molecule has 0 radical (unpaired) electrons. The molecule has 0 aliphatic carbocycles. The molecule has 4 rings (SSSR count). The van der Waals surface area contributed by atoms with Crippen LogP contribution in [0, 0.1) is 6.92 Å². The number of amides is 2. The van der Waals surface area contributed by atoms with Crippen molar-refractivity contribution in [2.75, 3.05) is 5.32 Å². The summed E-state index contributed by atoms with van der Waals surface area (Å²) in [7, 11) is 0. The van der Waals surface area contributed by atoms with Gasteiger partial charge in [0.05, 0.1) is 0 Å². The number of hydrogen-bond acceptors (Lipinski definition) is 4. The van der Waals surface area contributed by atoms with E-state index in [1.165, 1.54) is 0 Å². The van der Waals surface area contributed by atoms with Gasteiger partial charge in [-0.15, -0.1) is 10.2 Å². The quantitative estimate of drug-likeness (QED) is 0.397. The van der Waals surface area contributed by atoms with Crippen molar-refractivity contribution in [2.45, 2.75) is 13.0 Å². The highest BCUT2D eigenvalue weighted by atomic mass is 79.9. The lowest BCUT2D eigenvalue weighted by molar-refractivity contribution is 0.248. The van der Waals surface area contributed by atoms with Gasteiger partial charge in [-0.1, -0.05) is 64.5 Å². The molecule has 1 unspecified atom stereocenters. The Morgan fingerprint density at radius 2 is 1.67 bits per heavy atom. The molecule has 7 heteroatoms. The molecule has 0 bridgehead atoms. The van der Waals surface area contributed by atoms with Gasteiger partial charge in [-0.05, 0) is 48.4 Å². The number of rotatable bonds is 5. The van der Waals surface area contributed by atoms with Crippen LogP contribution in [0.3, 0.4) is 0 Å². The van der Waals surface area contributed by atoms with E-state index in [0.717, 1.165) is 21.2 Å². The molecule has 1 atom stereocenters. The van der Waals surface area contributed by atoms with E-state index >= 15 is 0 Å². The Hall–Kier alpha value is -3.45. The number of anilines is 1. The highest BCUT2D eigenvalue weighted by molar-refractivity contribution is 9.10. The number of nitrogens with one attached hydrogen (secondary N) is 2. The largest absolute Gasteiger partial charge is 0.418 e. The lowest BCUT2D eigenvalue weighted by Gasteiger charge is -2.16. The summed E-state index contributed by atoms with van der Waals surface area (Å²) in [6, 6.07) is 23.7. The number of carbonyl (C=O) groups excluding carboxylic acids is 1. The van der Waals surface area contributed by atoms with E-state index in [4.69, 9.17) is 4.42 Å². The molecule has 150 valence electrons. The van der Waals surface area contributed by atoms with E-state index < -0.39 is 6.04 Å². The molecular weight excluding hydrogens is 444 g/mol. The molecule has 0 spiro atoms. The van der Waals surface area contributed by atoms with Gasteiger partial charge >= 0.3 is 6.03 Å². The second-order valence-corrected chi connectivity index (χ2v) is 7.57. The first-order chi connectivity index (χ1) is 14.6. The maximum atomic E-state index is 12.7. The second kappa shape index (κ2) is 8.92. The molecule has 0 aliphatic heterocycles. The molecule has 30 heavy (non-hydrogen) atoms. The zero-order valence-corrected chi connectivity index (χ0v) is 17.8. The van der Waals surface area contributed by atoms with Crippen LogP contribution < -0.4 is 10.6 Å². The molecule has 0 saturated heterocycles. The number of aromatic nitrogens is 2. The highest BCUT2D eigenvalue weighted by Gasteiger charge is 2.23. The molecule has 1 heterocycles. The summed E-state index contributed by atoms with van der Waals surface area (Å²) in [6.45, 7) is 1.96.